The van der Waals surface area contributed by atoms with Crippen molar-refractivity contribution in [2.75, 3.05) is 11.1 Å². The van der Waals surface area contributed by atoms with Crippen LogP contribution in [0.1, 0.15) is 37.8 Å². The van der Waals surface area contributed by atoms with Gasteiger partial charge in [0.1, 0.15) is 0 Å². The van der Waals surface area contributed by atoms with Crippen LogP contribution in [-0.4, -0.2) is 27.1 Å². The summed E-state index contributed by atoms with van der Waals surface area (Å²) >= 11 is 4.77. The van der Waals surface area contributed by atoms with Crippen LogP contribution in [-0.2, 0) is 4.79 Å². The number of carbonyl (C=O) groups excluding carboxylic acids is 1. The Morgan fingerprint density at radius 1 is 1.25 bits per heavy atom. The van der Waals surface area contributed by atoms with Gasteiger partial charge in [-0.05, 0) is 38.3 Å². The summed E-state index contributed by atoms with van der Waals surface area (Å²) in [4.78, 5) is 12.5. The van der Waals surface area contributed by atoms with Gasteiger partial charge in [0, 0.05) is 11.4 Å². The molecule has 1 amide bonds. The van der Waals surface area contributed by atoms with Gasteiger partial charge in [0.25, 0.3) is 0 Å². The minimum absolute atomic E-state index is 0.00668. The van der Waals surface area contributed by atoms with Gasteiger partial charge in [0.15, 0.2) is 8.68 Å². The molecule has 4 nitrogen and oxygen atoms in total. The molecule has 7 heteroatoms. The van der Waals surface area contributed by atoms with Crippen molar-refractivity contribution in [3.8, 4) is 0 Å². The lowest BCUT2D eigenvalue weighted by Crippen LogP contribution is -2.23. The monoisotopic (exact) mass is 381 g/mol. The second-order valence-corrected chi connectivity index (χ2v) is 9.46. The maximum Gasteiger partial charge on any atom is 0.237 e. The molecule has 1 atom stereocenters. The van der Waals surface area contributed by atoms with Crippen LogP contribution in [0.3, 0.4) is 0 Å². The molecule has 0 aliphatic carbocycles. The molecule has 1 heterocycles. The lowest BCUT2D eigenvalue weighted by molar-refractivity contribution is -0.115. The van der Waals surface area contributed by atoms with Crippen molar-refractivity contribution >= 4 is 46.5 Å². The van der Waals surface area contributed by atoms with E-state index in [0.29, 0.717) is 0 Å². The Morgan fingerprint density at radius 2 is 1.92 bits per heavy atom. The minimum Gasteiger partial charge on any atom is -0.325 e. The van der Waals surface area contributed by atoms with Gasteiger partial charge in [-0.25, -0.2) is 0 Å². The molecule has 130 valence electrons. The molecule has 0 bridgehead atoms. The lowest BCUT2D eigenvalue weighted by atomic mass is 10.1. The van der Waals surface area contributed by atoms with Crippen LogP contribution in [0.4, 0.5) is 5.69 Å². The minimum atomic E-state index is -0.217. The molecular formula is C17H23N3OS3. The Morgan fingerprint density at radius 3 is 2.58 bits per heavy atom. The average molecular weight is 382 g/mol. The zero-order valence-corrected chi connectivity index (χ0v) is 16.9. The molecule has 0 fully saturated rings. The summed E-state index contributed by atoms with van der Waals surface area (Å²) in [7, 11) is 0. The largest absolute Gasteiger partial charge is 0.325 e. The van der Waals surface area contributed by atoms with E-state index in [9.17, 15) is 4.79 Å². The number of hydrogen-bond acceptors (Lipinski definition) is 6. The van der Waals surface area contributed by atoms with E-state index in [1.54, 1.807) is 23.1 Å². The van der Waals surface area contributed by atoms with Crippen LogP contribution in [0.15, 0.2) is 26.9 Å². The van der Waals surface area contributed by atoms with Crippen LogP contribution in [0.5, 0.6) is 0 Å². The van der Waals surface area contributed by atoms with Gasteiger partial charge in [-0.1, -0.05) is 66.4 Å². The van der Waals surface area contributed by atoms with Gasteiger partial charge >= 0.3 is 0 Å². The fraction of sp³-hybridized carbons (Fsp3) is 0.471. The summed E-state index contributed by atoms with van der Waals surface area (Å²) in [6.45, 7) is 8.09. The third kappa shape index (κ3) is 5.50. The van der Waals surface area contributed by atoms with Gasteiger partial charge in [-0.3, -0.25) is 4.79 Å². The molecule has 1 aromatic heterocycles. The molecule has 0 spiro atoms. The Labute approximate surface area is 156 Å². The molecule has 0 saturated heterocycles. The normalized spacial score (nSPS) is 12.2. The predicted molar refractivity (Wildman–Crippen MR) is 105 cm³/mol. The third-order valence-electron chi connectivity index (χ3n) is 3.49. The number of anilines is 1. The van der Waals surface area contributed by atoms with Gasteiger partial charge < -0.3 is 5.32 Å². The molecule has 0 radical (unpaired) electrons. The molecule has 0 aliphatic rings. The second kappa shape index (κ2) is 9.44. The van der Waals surface area contributed by atoms with E-state index < -0.39 is 0 Å². The van der Waals surface area contributed by atoms with E-state index >= 15 is 0 Å². The summed E-state index contributed by atoms with van der Waals surface area (Å²) in [5.41, 5.74) is 3.06. The zero-order chi connectivity index (χ0) is 17.5. The number of nitrogens with zero attached hydrogens (tertiary/aromatic N) is 2. The van der Waals surface area contributed by atoms with Gasteiger partial charge in [0.05, 0.1) is 5.25 Å². The van der Waals surface area contributed by atoms with Gasteiger partial charge in [-0.2, -0.15) is 0 Å². The maximum absolute atomic E-state index is 12.5. The Kier molecular flexibility index (Phi) is 7.58. The number of para-hydroxylation sites is 1. The van der Waals surface area contributed by atoms with E-state index in [1.807, 2.05) is 39.0 Å². The molecule has 24 heavy (non-hydrogen) atoms. The topological polar surface area (TPSA) is 54.9 Å². The van der Waals surface area contributed by atoms with Crippen LogP contribution < -0.4 is 5.32 Å². The summed E-state index contributed by atoms with van der Waals surface area (Å²) in [5, 5.41) is 11.2. The summed E-state index contributed by atoms with van der Waals surface area (Å²) in [6, 6.07) is 6.01. The highest BCUT2D eigenvalue weighted by Gasteiger charge is 2.18. The number of nitrogens with one attached hydrogen (secondary N) is 1. The summed E-state index contributed by atoms with van der Waals surface area (Å²) < 4.78 is 1.83. The fourth-order valence-electron chi connectivity index (χ4n) is 2.05. The zero-order valence-electron chi connectivity index (χ0n) is 14.5. The lowest BCUT2D eigenvalue weighted by Gasteiger charge is -2.14. The van der Waals surface area contributed by atoms with E-state index in [4.69, 9.17) is 0 Å². The number of aromatic nitrogens is 2. The molecule has 1 N–H and O–H groups in total. The maximum atomic E-state index is 12.5. The highest BCUT2D eigenvalue weighted by molar-refractivity contribution is 8.03. The molecule has 0 saturated carbocycles. The Bertz CT molecular complexity index is 667. The number of hydrogen-bond donors (Lipinski definition) is 1. The Hall–Kier alpha value is -1.05. The van der Waals surface area contributed by atoms with Crippen LogP contribution in [0, 0.1) is 13.8 Å². The Balaban J connectivity index is 1.92. The number of aryl methyl sites for hydroxylation is 2. The molecule has 0 unspecified atom stereocenters. The van der Waals surface area contributed by atoms with Crippen LogP contribution in [0.2, 0.25) is 0 Å². The van der Waals surface area contributed by atoms with Crippen molar-refractivity contribution in [2.24, 2.45) is 0 Å². The number of carbonyl (C=O) groups is 1. The average Bonchev–Trinajstić information content (AvgIpc) is 2.98. The quantitative estimate of drug-likeness (QED) is 0.505. The SMILES string of the molecule is CCCCSc1nnc(S[C@H](C)C(=O)Nc2c(C)cccc2C)s1. The predicted octanol–water partition coefficient (Wildman–Crippen LogP) is 5.17. The first kappa shape index (κ1) is 19.3. The highest BCUT2D eigenvalue weighted by atomic mass is 32.2. The van der Waals surface area contributed by atoms with E-state index in [-0.39, 0.29) is 11.2 Å². The van der Waals surface area contributed by atoms with Crippen LogP contribution in [0.25, 0.3) is 0 Å². The summed E-state index contributed by atoms with van der Waals surface area (Å²) in [6.07, 6.45) is 2.37. The van der Waals surface area contributed by atoms with Crippen molar-refractivity contribution in [1.29, 1.82) is 0 Å². The fourth-order valence-corrected chi connectivity index (χ4v) is 5.37. The van der Waals surface area contributed by atoms with Crippen molar-refractivity contribution < 1.29 is 4.79 Å². The molecular weight excluding hydrogens is 358 g/mol. The van der Waals surface area contributed by atoms with Gasteiger partial charge in [-0.15, -0.1) is 10.2 Å². The first-order chi connectivity index (χ1) is 11.5. The van der Waals surface area contributed by atoms with Crippen molar-refractivity contribution in [3.05, 3.63) is 29.3 Å². The number of benzene rings is 1. The van der Waals surface area contributed by atoms with E-state index in [0.717, 1.165) is 31.2 Å². The number of amides is 1. The third-order valence-corrected chi connectivity index (χ3v) is 6.81. The first-order valence-electron chi connectivity index (χ1n) is 8.01. The number of rotatable bonds is 8. The standard InChI is InChI=1S/C17H23N3OS3/c1-5-6-10-22-16-19-20-17(24-16)23-13(4)15(21)18-14-11(2)8-7-9-12(14)3/h7-9,13H,5-6,10H2,1-4H3,(H,18,21)/t13-/m1/s1. The van der Waals surface area contributed by atoms with E-state index in [1.165, 1.54) is 24.6 Å². The van der Waals surface area contributed by atoms with Gasteiger partial charge in [0.2, 0.25) is 5.91 Å². The molecule has 0 aliphatic heterocycles. The van der Waals surface area contributed by atoms with E-state index in [2.05, 4.69) is 22.4 Å². The molecule has 1 aromatic carbocycles. The molecule has 2 rings (SSSR count). The highest BCUT2D eigenvalue weighted by Crippen LogP contribution is 2.32. The van der Waals surface area contributed by atoms with Crippen molar-refractivity contribution in [2.45, 2.75) is 54.5 Å². The van der Waals surface area contributed by atoms with Crippen molar-refractivity contribution in [3.63, 3.8) is 0 Å². The summed E-state index contributed by atoms with van der Waals surface area (Å²) in [5.74, 6) is 1.06. The smallest absolute Gasteiger partial charge is 0.237 e. The van der Waals surface area contributed by atoms with Crippen LogP contribution >= 0.6 is 34.9 Å². The first-order valence-corrected chi connectivity index (χ1v) is 10.7. The second-order valence-electron chi connectivity index (χ2n) is 5.55. The van der Waals surface area contributed by atoms with Crippen molar-refractivity contribution in [1.82, 2.24) is 10.2 Å². The molecule has 2 aromatic rings. The number of thioether (sulfide) groups is 2. The number of unbranched alkanes of at least 4 members (excludes halogenated alkanes) is 1.